The number of hydrogen-bond acceptors (Lipinski definition) is 4. The van der Waals surface area contributed by atoms with Crippen LogP contribution in [0.25, 0.3) is 0 Å². The quantitative estimate of drug-likeness (QED) is 0.694. The third kappa shape index (κ3) is 1.86. The van der Waals surface area contributed by atoms with Crippen LogP contribution in [0.4, 0.5) is 0 Å². The van der Waals surface area contributed by atoms with E-state index in [1.165, 1.54) is 11.1 Å². The van der Waals surface area contributed by atoms with Gasteiger partial charge in [0.15, 0.2) is 5.78 Å². The lowest BCUT2D eigenvalue weighted by Crippen LogP contribution is -2.65. The summed E-state index contributed by atoms with van der Waals surface area (Å²) in [7, 11) is 0. The standard InChI is InChI=1S/C26H30O4/c1-23-10-8-19(27)26(4)18-7-11-24(2)16(15-9-12-29-13-15)5-6-17(24)25(18,3)22(28)20(21(23)26)30-14-23/h6-10,12-13,16,20-22,28H,5,11,14H2,1-4H3. The summed E-state index contributed by atoms with van der Waals surface area (Å²) in [6.45, 7) is 9.29. The highest BCUT2D eigenvalue weighted by Crippen LogP contribution is 2.72. The first-order chi connectivity index (χ1) is 14.2. The van der Waals surface area contributed by atoms with Gasteiger partial charge in [-0.15, -0.1) is 0 Å². The van der Waals surface area contributed by atoms with Gasteiger partial charge >= 0.3 is 0 Å². The average molecular weight is 407 g/mol. The van der Waals surface area contributed by atoms with Crippen LogP contribution in [0, 0.1) is 27.6 Å². The number of furan rings is 1. The van der Waals surface area contributed by atoms with Crippen LogP contribution in [0.2, 0.25) is 0 Å². The zero-order valence-electron chi connectivity index (χ0n) is 18.1. The lowest BCUT2D eigenvalue weighted by Gasteiger charge is -2.62. The summed E-state index contributed by atoms with van der Waals surface area (Å²) >= 11 is 0. The van der Waals surface area contributed by atoms with Crippen molar-refractivity contribution >= 4 is 5.78 Å². The predicted octanol–water partition coefficient (Wildman–Crippen LogP) is 4.58. The SMILES string of the molecule is CC12C=CC(=O)C3(C)C4=CCC5(C)C(=CCC5c5ccoc5)C4(C)C(O)C(OC1)C23. The molecular weight excluding hydrogens is 376 g/mol. The summed E-state index contributed by atoms with van der Waals surface area (Å²) in [5.41, 5.74) is 2.00. The second kappa shape index (κ2) is 5.46. The Kier molecular flexibility index (Phi) is 3.43. The number of aliphatic hydroxyl groups excluding tert-OH is 1. The minimum Gasteiger partial charge on any atom is -0.472 e. The van der Waals surface area contributed by atoms with E-state index in [0.717, 1.165) is 18.4 Å². The van der Waals surface area contributed by atoms with Crippen molar-refractivity contribution in [3.63, 3.8) is 0 Å². The van der Waals surface area contributed by atoms with Crippen LogP contribution in [0.3, 0.4) is 0 Å². The van der Waals surface area contributed by atoms with Gasteiger partial charge in [0, 0.05) is 22.2 Å². The molecule has 158 valence electrons. The first-order valence-electron chi connectivity index (χ1n) is 11.1. The predicted molar refractivity (Wildman–Crippen MR) is 113 cm³/mol. The number of carbonyl (C=O) groups is 1. The van der Waals surface area contributed by atoms with Crippen LogP contribution >= 0.6 is 0 Å². The van der Waals surface area contributed by atoms with E-state index in [2.05, 4.69) is 45.9 Å². The largest absolute Gasteiger partial charge is 0.472 e. The Balaban J connectivity index is 1.56. The molecule has 1 saturated carbocycles. The van der Waals surface area contributed by atoms with Crippen molar-refractivity contribution in [1.29, 1.82) is 0 Å². The zero-order valence-corrected chi connectivity index (χ0v) is 18.1. The lowest BCUT2D eigenvalue weighted by atomic mass is 9.41. The Labute approximate surface area is 177 Å². The molecule has 1 N–H and O–H groups in total. The number of aliphatic hydroxyl groups is 1. The van der Waals surface area contributed by atoms with Gasteiger partial charge < -0.3 is 14.3 Å². The van der Waals surface area contributed by atoms with Crippen molar-refractivity contribution in [2.45, 2.75) is 58.7 Å². The topological polar surface area (TPSA) is 59.7 Å². The molecule has 5 aliphatic rings. The molecule has 30 heavy (non-hydrogen) atoms. The molecule has 0 amide bonds. The van der Waals surface area contributed by atoms with E-state index >= 15 is 0 Å². The number of allylic oxidation sites excluding steroid dienone is 3. The molecule has 1 aromatic rings. The number of ketones is 1. The highest BCUT2D eigenvalue weighted by Gasteiger charge is 2.72. The molecule has 1 aromatic heterocycles. The Morgan fingerprint density at radius 2 is 1.90 bits per heavy atom. The summed E-state index contributed by atoms with van der Waals surface area (Å²) in [4.78, 5) is 13.4. The van der Waals surface area contributed by atoms with Crippen LogP contribution in [0.1, 0.15) is 52.0 Å². The molecule has 0 radical (unpaired) electrons. The highest BCUT2D eigenvalue weighted by atomic mass is 16.5. The maximum Gasteiger partial charge on any atom is 0.165 e. The van der Waals surface area contributed by atoms with E-state index in [1.54, 1.807) is 12.3 Å². The molecular formula is C26H30O4. The first kappa shape index (κ1) is 18.8. The van der Waals surface area contributed by atoms with Gasteiger partial charge in [0.2, 0.25) is 0 Å². The fourth-order valence-electron chi connectivity index (χ4n) is 8.16. The van der Waals surface area contributed by atoms with E-state index in [9.17, 15) is 9.90 Å². The summed E-state index contributed by atoms with van der Waals surface area (Å²) in [6, 6.07) is 2.06. The Morgan fingerprint density at radius 3 is 2.63 bits per heavy atom. The second-order valence-corrected chi connectivity index (χ2v) is 11.0. The summed E-state index contributed by atoms with van der Waals surface area (Å²) in [5, 5.41) is 11.8. The lowest BCUT2D eigenvalue weighted by molar-refractivity contribution is -0.145. The number of fused-ring (bicyclic) bond motifs is 4. The number of hydrogen-bond donors (Lipinski definition) is 1. The first-order valence-corrected chi connectivity index (χ1v) is 11.1. The monoisotopic (exact) mass is 406 g/mol. The Bertz CT molecular complexity index is 1030. The number of carbonyl (C=O) groups excluding carboxylic acids is 1. The molecule has 0 spiro atoms. The maximum absolute atomic E-state index is 13.4. The molecule has 4 heteroatoms. The molecule has 1 saturated heterocycles. The van der Waals surface area contributed by atoms with Crippen LogP contribution in [-0.2, 0) is 9.53 Å². The van der Waals surface area contributed by atoms with Crippen LogP contribution < -0.4 is 0 Å². The zero-order chi connectivity index (χ0) is 21.1. The normalized spacial score (nSPS) is 51.2. The molecule has 0 aromatic carbocycles. The van der Waals surface area contributed by atoms with Crippen molar-refractivity contribution in [1.82, 2.24) is 0 Å². The van der Waals surface area contributed by atoms with Crippen molar-refractivity contribution < 1.29 is 19.1 Å². The summed E-state index contributed by atoms with van der Waals surface area (Å²) in [6.07, 6.45) is 12.8. The number of ether oxygens (including phenoxy) is 1. The average Bonchev–Trinajstić information content (AvgIpc) is 3.41. The van der Waals surface area contributed by atoms with Crippen molar-refractivity contribution in [3.8, 4) is 0 Å². The fraction of sp³-hybridized carbons (Fsp3) is 0.577. The van der Waals surface area contributed by atoms with Crippen LogP contribution in [0.15, 0.2) is 58.5 Å². The molecule has 1 aliphatic heterocycles. The van der Waals surface area contributed by atoms with E-state index in [4.69, 9.17) is 9.15 Å². The van der Waals surface area contributed by atoms with Gasteiger partial charge in [-0.3, -0.25) is 4.79 Å². The van der Waals surface area contributed by atoms with Crippen LogP contribution in [-0.4, -0.2) is 29.7 Å². The summed E-state index contributed by atoms with van der Waals surface area (Å²) in [5.74, 6) is 0.432. The van der Waals surface area contributed by atoms with Gasteiger partial charge in [-0.05, 0) is 55.9 Å². The summed E-state index contributed by atoms with van der Waals surface area (Å²) < 4.78 is 11.7. The molecule has 0 bridgehead atoms. The van der Waals surface area contributed by atoms with Crippen molar-refractivity contribution in [3.05, 3.63) is 59.6 Å². The van der Waals surface area contributed by atoms with Gasteiger partial charge in [-0.2, -0.15) is 0 Å². The second-order valence-electron chi connectivity index (χ2n) is 11.0. The Hall–Kier alpha value is -1.91. The van der Waals surface area contributed by atoms with Gasteiger partial charge in [-0.25, -0.2) is 0 Å². The molecule has 6 rings (SSSR count). The van der Waals surface area contributed by atoms with E-state index < -0.39 is 16.9 Å². The van der Waals surface area contributed by atoms with Gasteiger partial charge in [0.05, 0.1) is 36.8 Å². The molecule has 2 heterocycles. The van der Waals surface area contributed by atoms with Gasteiger partial charge in [-0.1, -0.05) is 37.6 Å². The van der Waals surface area contributed by atoms with Crippen LogP contribution in [0.5, 0.6) is 0 Å². The van der Waals surface area contributed by atoms with Crippen molar-refractivity contribution in [2.75, 3.05) is 6.61 Å². The third-order valence-electron chi connectivity index (χ3n) is 9.57. The molecule has 4 aliphatic carbocycles. The van der Waals surface area contributed by atoms with E-state index in [-0.39, 0.29) is 28.6 Å². The van der Waals surface area contributed by atoms with Gasteiger partial charge in [0.25, 0.3) is 0 Å². The van der Waals surface area contributed by atoms with E-state index in [0.29, 0.717) is 12.5 Å². The van der Waals surface area contributed by atoms with E-state index in [1.807, 2.05) is 12.3 Å². The maximum atomic E-state index is 13.4. The highest BCUT2D eigenvalue weighted by molar-refractivity contribution is 5.99. The fourth-order valence-corrected chi connectivity index (χ4v) is 8.16. The minimum atomic E-state index is -0.670. The number of rotatable bonds is 1. The van der Waals surface area contributed by atoms with Gasteiger partial charge in [0.1, 0.15) is 0 Å². The molecule has 8 atom stereocenters. The smallest absolute Gasteiger partial charge is 0.165 e. The van der Waals surface area contributed by atoms with Crippen molar-refractivity contribution in [2.24, 2.45) is 27.6 Å². The molecule has 2 fully saturated rings. The molecule has 4 nitrogen and oxygen atoms in total. The minimum absolute atomic E-state index is 0.0344. The Morgan fingerprint density at radius 1 is 1.10 bits per heavy atom. The molecule has 8 unspecified atom stereocenters. The third-order valence-corrected chi connectivity index (χ3v) is 9.57.